The van der Waals surface area contributed by atoms with Crippen molar-refractivity contribution in [1.29, 1.82) is 5.26 Å². The Morgan fingerprint density at radius 1 is 1.13 bits per heavy atom. The van der Waals surface area contributed by atoms with Crippen molar-refractivity contribution in [2.75, 3.05) is 6.61 Å². The van der Waals surface area contributed by atoms with Crippen LogP contribution in [0.1, 0.15) is 49.2 Å². The minimum absolute atomic E-state index is 0.00829. The van der Waals surface area contributed by atoms with E-state index in [1.54, 1.807) is 32.9 Å². The number of nitrogens with zero attached hydrogens (tertiary/aromatic N) is 1. The summed E-state index contributed by atoms with van der Waals surface area (Å²) in [6.45, 7) is 6.24. The van der Waals surface area contributed by atoms with E-state index in [-0.39, 0.29) is 31.1 Å². The molecule has 1 atom stereocenters. The summed E-state index contributed by atoms with van der Waals surface area (Å²) >= 11 is 0. The summed E-state index contributed by atoms with van der Waals surface area (Å²) in [7, 11) is -1.26. The van der Waals surface area contributed by atoms with Crippen LogP contribution in [0.25, 0.3) is 0 Å². The van der Waals surface area contributed by atoms with Crippen LogP contribution < -0.4 is 25.6 Å². The highest BCUT2D eigenvalue weighted by molar-refractivity contribution is 6.62. The number of nitrogens with one attached hydrogen (secondary N) is 2. The molecule has 0 saturated carbocycles. The van der Waals surface area contributed by atoms with Crippen molar-refractivity contribution in [3.8, 4) is 17.6 Å². The normalized spacial score (nSPS) is 14.5. The largest absolute Gasteiger partial charge is 0.573 e. The summed E-state index contributed by atoms with van der Waals surface area (Å²) in [6.07, 6.45) is -5.57. The molecule has 1 heterocycles. The molecule has 0 saturated heterocycles. The zero-order valence-corrected chi connectivity index (χ0v) is 21.6. The molecule has 2 amide bonds. The second-order valence-corrected chi connectivity index (χ2v) is 9.89. The number of alkyl carbamates (subject to hydrolysis) is 1. The van der Waals surface area contributed by atoms with Crippen LogP contribution in [0.5, 0.6) is 11.5 Å². The van der Waals surface area contributed by atoms with Gasteiger partial charge < -0.3 is 34.5 Å². The highest BCUT2D eigenvalue weighted by atomic mass is 19.4. The smallest absolute Gasteiger partial charge is 0.490 e. The van der Waals surface area contributed by atoms with Crippen LogP contribution in [0.3, 0.4) is 0 Å². The maximum absolute atomic E-state index is 12.7. The van der Waals surface area contributed by atoms with Gasteiger partial charge in [-0.3, -0.25) is 4.79 Å². The number of nitriles is 1. The first kappa shape index (κ1) is 29.6. The molecule has 39 heavy (non-hydrogen) atoms. The fourth-order valence-corrected chi connectivity index (χ4v) is 3.62. The van der Waals surface area contributed by atoms with Gasteiger partial charge in [-0.25, -0.2) is 4.79 Å². The topological polar surface area (TPSA) is 139 Å². The van der Waals surface area contributed by atoms with Gasteiger partial charge >= 0.3 is 19.6 Å². The van der Waals surface area contributed by atoms with Crippen LogP contribution in [-0.4, -0.2) is 48.3 Å². The molecule has 0 bridgehead atoms. The van der Waals surface area contributed by atoms with E-state index in [4.69, 9.17) is 14.1 Å². The fraction of sp³-hybridized carbons (Fsp3) is 0.400. The maximum atomic E-state index is 12.7. The van der Waals surface area contributed by atoms with Crippen LogP contribution in [0.4, 0.5) is 18.0 Å². The molecular weight excluding hydrogens is 522 g/mol. The first-order valence-corrected chi connectivity index (χ1v) is 11.7. The third kappa shape index (κ3) is 8.26. The maximum Gasteiger partial charge on any atom is 0.573 e. The van der Waals surface area contributed by atoms with Gasteiger partial charge in [0, 0.05) is 17.7 Å². The van der Waals surface area contributed by atoms with Crippen molar-refractivity contribution < 1.29 is 46.6 Å². The second-order valence-electron chi connectivity index (χ2n) is 9.89. The molecule has 3 N–H and O–H groups in total. The van der Waals surface area contributed by atoms with Crippen LogP contribution in [0, 0.1) is 11.3 Å². The molecule has 1 aliphatic rings. The number of halogens is 3. The Morgan fingerprint density at radius 2 is 1.79 bits per heavy atom. The van der Waals surface area contributed by atoms with Crippen molar-refractivity contribution >= 4 is 24.6 Å². The lowest BCUT2D eigenvalue weighted by Gasteiger charge is -2.25. The molecule has 0 aliphatic carbocycles. The average Bonchev–Trinajstić information content (AvgIpc) is 3.20. The van der Waals surface area contributed by atoms with E-state index in [1.807, 2.05) is 6.07 Å². The van der Waals surface area contributed by atoms with E-state index in [0.717, 1.165) is 24.3 Å². The molecule has 208 valence electrons. The van der Waals surface area contributed by atoms with E-state index in [2.05, 4.69) is 15.4 Å². The average molecular weight is 549 g/mol. The molecule has 0 fully saturated rings. The lowest BCUT2D eigenvalue weighted by atomic mass is 9.76. The van der Waals surface area contributed by atoms with E-state index < -0.39 is 42.4 Å². The molecule has 2 aromatic carbocycles. The van der Waals surface area contributed by atoms with Crippen molar-refractivity contribution in [3.05, 3.63) is 53.1 Å². The quantitative estimate of drug-likeness (QED) is 0.428. The van der Waals surface area contributed by atoms with Crippen LogP contribution in [0.2, 0.25) is 0 Å². The summed E-state index contributed by atoms with van der Waals surface area (Å²) in [5.41, 5.74) is -0.815. The fourth-order valence-electron chi connectivity index (χ4n) is 3.62. The van der Waals surface area contributed by atoms with Crippen molar-refractivity contribution in [3.63, 3.8) is 0 Å². The van der Waals surface area contributed by atoms with E-state index in [0.29, 0.717) is 16.6 Å². The Balaban J connectivity index is 1.74. The zero-order valence-electron chi connectivity index (χ0n) is 21.6. The van der Waals surface area contributed by atoms with Gasteiger partial charge in [0.25, 0.3) is 5.91 Å². The third-order valence-electron chi connectivity index (χ3n) is 5.36. The lowest BCUT2D eigenvalue weighted by molar-refractivity contribution is -0.274. The summed E-state index contributed by atoms with van der Waals surface area (Å²) in [5.74, 6) is -1.01. The Hall–Kier alpha value is -3.96. The first-order chi connectivity index (χ1) is 18.1. The van der Waals surface area contributed by atoms with Gasteiger partial charge in [0.1, 0.15) is 23.7 Å². The van der Waals surface area contributed by atoms with E-state index >= 15 is 0 Å². The molecule has 0 aromatic heterocycles. The number of carbonyl (C=O) groups excluding carboxylic acids is 2. The van der Waals surface area contributed by atoms with Crippen molar-refractivity contribution in [2.45, 2.75) is 58.3 Å². The number of carbonyl (C=O) groups is 2. The molecule has 14 heteroatoms. The highest BCUT2D eigenvalue weighted by Crippen LogP contribution is 2.25. The Kier molecular flexibility index (Phi) is 8.67. The highest BCUT2D eigenvalue weighted by Gasteiger charge is 2.34. The van der Waals surface area contributed by atoms with Gasteiger partial charge in [0.2, 0.25) is 0 Å². The molecule has 2 aromatic rings. The molecule has 0 radical (unpaired) electrons. The summed E-state index contributed by atoms with van der Waals surface area (Å²) in [6, 6.07) is 9.41. The van der Waals surface area contributed by atoms with Gasteiger partial charge in [-0.05, 0) is 69.1 Å². The Labute approximate surface area is 223 Å². The van der Waals surface area contributed by atoms with Crippen molar-refractivity contribution in [1.82, 2.24) is 10.6 Å². The minimum atomic E-state index is -4.87. The molecule has 0 spiro atoms. The van der Waals surface area contributed by atoms with E-state index in [9.17, 15) is 33.0 Å². The summed E-state index contributed by atoms with van der Waals surface area (Å²) < 4.78 is 57.3. The van der Waals surface area contributed by atoms with Gasteiger partial charge in [0.15, 0.2) is 5.54 Å². The molecule has 10 nitrogen and oxygen atoms in total. The molecule has 1 aliphatic heterocycles. The number of fused-ring (bicyclic) bond motifs is 1. The Morgan fingerprint density at radius 3 is 2.38 bits per heavy atom. The van der Waals surface area contributed by atoms with Crippen LogP contribution >= 0.6 is 0 Å². The number of hydrogen-bond donors (Lipinski definition) is 3. The van der Waals surface area contributed by atoms with Gasteiger partial charge in [-0.15, -0.1) is 13.2 Å². The number of hydrogen-bond acceptors (Lipinski definition) is 8. The Bertz CT molecular complexity index is 1260. The van der Waals surface area contributed by atoms with Gasteiger partial charge in [-0.1, -0.05) is 6.07 Å². The SMILES string of the molecule is CC(C#N)(COc1ccc2c(c1CNC(=O)OC(C)(C)C)B(O)OC2)NC(=O)c1ccc(OC(F)(F)F)cc1. The van der Waals surface area contributed by atoms with Gasteiger partial charge in [0.05, 0.1) is 12.7 Å². The third-order valence-corrected chi connectivity index (χ3v) is 5.36. The van der Waals surface area contributed by atoms with E-state index in [1.165, 1.54) is 6.92 Å². The molecule has 1 unspecified atom stereocenters. The first-order valence-electron chi connectivity index (χ1n) is 11.7. The minimum Gasteiger partial charge on any atom is -0.490 e. The number of amides is 2. The predicted molar refractivity (Wildman–Crippen MR) is 132 cm³/mol. The number of rotatable bonds is 8. The molecule has 3 rings (SSSR count). The van der Waals surface area contributed by atoms with Crippen molar-refractivity contribution in [2.24, 2.45) is 0 Å². The number of alkyl halides is 3. The van der Waals surface area contributed by atoms with Gasteiger partial charge in [-0.2, -0.15) is 5.26 Å². The lowest BCUT2D eigenvalue weighted by Crippen LogP contribution is -2.49. The number of ether oxygens (including phenoxy) is 3. The standard InChI is InChI=1S/C25H27BF3N3O7/c1-23(2,3)39-22(34)31-11-18-19(10-7-16-12-37-26(35)20(16)18)36-14-24(4,13-30)32-21(33)15-5-8-17(9-6-15)38-25(27,28)29/h5-10,35H,11-12,14H2,1-4H3,(H,31,34)(H,32,33). The second kappa shape index (κ2) is 11.4. The monoisotopic (exact) mass is 549 g/mol. The molecular formula is C25H27BF3N3O7. The summed E-state index contributed by atoms with van der Waals surface area (Å²) in [4.78, 5) is 24.9. The predicted octanol–water partition coefficient (Wildman–Crippen LogP) is 2.92. The van der Waals surface area contributed by atoms with Crippen LogP contribution in [0.15, 0.2) is 36.4 Å². The number of benzene rings is 2. The summed E-state index contributed by atoms with van der Waals surface area (Å²) in [5, 5.41) is 25.2. The zero-order chi connectivity index (χ0) is 29.0. The van der Waals surface area contributed by atoms with Crippen LogP contribution in [-0.2, 0) is 22.5 Å².